The highest BCUT2D eigenvalue weighted by molar-refractivity contribution is 6.36. The third-order valence-electron chi connectivity index (χ3n) is 13.8. The first kappa shape index (κ1) is 64.9. The molecule has 0 aromatic carbocycles. The van der Waals surface area contributed by atoms with Crippen molar-refractivity contribution in [2.45, 2.75) is 309 Å². The summed E-state index contributed by atoms with van der Waals surface area (Å²) in [6.45, 7) is 12.8. The number of nitrogens with zero attached hydrogens (tertiary/aromatic N) is 2. The van der Waals surface area contributed by atoms with Crippen LogP contribution < -0.4 is 5.32 Å². The summed E-state index contributed by atoms with van der Waals surface area (Å²) < 4.78 is 0. The van der Waals surface area contributed by atoms with Gasteiger partial charge >= 0.3 is 0 Å². The van der Waals surface area contributed by atoms with Crippen molar-refractivity contribution >= 4 is 11.7 Å². The largest absolute Gasteiger partial charge is 0.392 e. The Morgan fingerprint density at radius 1 is 0.348 bits per heavy atom. The molecule has 0 aliphatic carbocycles. The van der Waals surface area contributed by atoms with E-state index in [-0.39, 0.29) is 6.42 Å². The lowest BCUT2D eigenvalue weighted by atomic mass is 10.0. The summed E-state index contributed by atoms with van der Waals surface area (Å²) in [7, 11) is 0. The number of unbranched alkanes of at least 4 members (excludes halogenated alkanes) is 29. The van der Waals surface area contributed by atoms with Crippen molar-refractivity contribution in [2.24, 2.45) is 0 Å². The molecule has 4 atom stereocenters. The van der Waals surface area contributed by atoms with Gasteiger partial charge in [0.05, 0.1) is 24.4 Å². The molecule has 0 saturated heterocycles. The first-order valence-corrected chi connectivity index (χ1v) is 29.1. The molecule has 1 amide bonds. The number of Topliss-reactive ketones (excluding diaryl/α,β-unsaturated/α-hetero) is 1. The van der Waals surface area contributed by atoms with Gasteiger partial charge in [0.2, 0.25) is 5.78 Å². The lowest BCUT2D eigenvalue weighted by Gasteiger charge is -2.27. The van der Waals surface area contributed by atoms with Gasteiger partial charge < -0.3 is 25.7 Å². The minimum atomic E-state index is -0.538. The van der Waals surface area contributed by atoms with Crippen molar-refractivity contribution in [3.8, 4) is 0 Å². The lowest BCUT2D eigenvalue weighted by Crippen LogP contribution is -2.40. The Hall–Kier alpha value is -1.10. The summed E-state index contributed by atoms with van der Waals surface area (Å²) in [6, 6.07) is 0. The number of amides is 1. The molecule has 5 N–H and O–H groups in total. The summed E-state index contributed by atoms with van der Waals surface area (Å²) in [5.41, 5.74) is 0. The van der Waals surface area contributed by atoms with E-state index in [1.807, 2.05) is 0 Å². The molecule has 0 rings (SSSR count). The summed E-state index contributed by atoms with van der Waals surface area (Å²) in [5, 5.41) is 46.8. The summed E-state index contributed by atoms with van der Waals surface area (Å²) >= 11 is 0. The van der Waals surface area contributed by atoms with Crippen LogP contribution in [0.3, 0.4) is 0 Å². The summed E-state index contributed by atoms with van der Waals surface area (Å²) in [4.78, 5) is 30.1. The SMILES string of the molecule is CCCCCCCCCCC(O)CN(CCCCC(=O)C(=O)NCCCN(CC(O)CCCCCCCCCC)CC(O)CCCCCCCCCC)CC(O)CCCCCCCCCC. The molecule has 9 heteroatoms. The molecule has 66 heavy (non-hydrogen) atoms. The molecular formula is C57H115N3O6. The van der Waals surface area contributed by atoms with Gasteiger partial charge in [-0.1, -0.05) is 233 Å². The lowest BCUT2D eigenvalue weighted by molar-refractivity contribution is -0.138. The van der Waals surface area contributed by atoms with E-state index < -0.39 is 36.1 Å². The Bertz CT molecular complexity index is 885. The standard InChI is InChI=1S/C57H115N3O6/c1-5-9-13-17-21-25-29-33-40-52(61)48-59(49-53(62)41-34-30-26-22-18-14-10-6-2)46-38-37-44-56(65)57(66)58-45-39-47-60(50-54(63)42-35-31-27-23-19-15-11-7-3)51-55(64)43-36-32-28-24-20-16-12-8-4/h52-55,61-64H,5-51H2,1-4H3,(H,58,66). The van der Waals surface area contributed by atoms with Gasteiger partial charge in [-0.3, -0.25) is 19.4 Å². The normalized spacial score (nSPS) is 13.7. The molecule has 9 nitrogen and oxygen atoms in total. The molecular weight excluding hydrogens is 823 g/mol. The van der Waals surface area contributed by atoms with Gasteiger partial charge in [0.1, 0.15) is 0 Å². The maximum Gasteiger partial charge on any atom is 0.287 e. The number of aliphatic hydroxyl groups is 4. The van der Waals surface area contributed by atoms with Gasteiger partial charge in [0.15, 0.2) is 0 Å². The highest BCUT2D eigenvalue weighted by atomic mass is 16.3. The van der Waals surface area contributed by atoms with Crippen molar-refractivity contribution in [3.05, 3.63) is 0 Å². The van der Waals surface area contributed by atoms with Crippen molar-refractivity contribution in [3.63, 3.8) is 0 Å². The predicted octanol–water partition coefficient (Wildman–Crippen LogP) is 13.4. The third-order valence-corrected chi connectivity index (χ3v) is 13.8. The molecule has 0 aliphatic heterocycles. The zero-order chi connectivity index (χ0) is 48.6. The van der Waals surface area contributed by atoms with Crippen LogP contribution in [0, 0.1) is 0 Å². The summed E-state index contributed by atoms with van der Waals surface area (Å²) in [6.07, 6.45) is 43.0. The second-order valence-corrected chi connectivity index (χ2v) is 20.7. The number of ketones is 1. The number of rotatable bonds is 54. The topological polar surface area (TPSA) is 134 Å². The second-order valence-electron chi connectivity index (χ2n) is 20.7. The highest BCUT2D eigenvalue weighted by Crippen LogP contribution is 2.17. The fourth-order valence-electron chi connectivity index (χ4n) is 9.46. The van der Waals surface area contributed by atoms with E-state index in [9.17, 15) is 30.0 Å². The van der Waals surface area contributed by atoms with Gasteiger partial charge in [0, 0.05) is 45.7 Å². The van der Waals surface area contributed by atoms with Crippen molar-refractivity contribution in [1.29, 1.82) is 0 Å². The number of nitrogens with one attached hydrogen (secondary N) is 1. The van der Waals surface area contributed by atoms with Crippen LogP contribution in [0.5, 0.6) is 0 Å². The smallest absolute Gasteiger partial charge is 0.287 e. The van der Waals surface area contributed by atoms with Gasteiger partial charge in [0.25, 0.3) is 5.91 Å². The van der Waals surface area contributed by atoms with E-state index in [4.69, 9.17) is 0 Å². The van der Waals surface area contributed by atoms with E-state index in [1.54, 1.807) is 0 Å². The molecule has 0 bridgehead atoms. The molecule has 394 valence electrons. The maximum absolute atomic E-state index is 12.9. The predicted molar refractivity (Wildman–Crippen MR) is 282 cm³/mol. The van der Waals surface area contributed by atoms with Crippen LogP contribution in [0.25, 0.3) is 0 Å². The van der Waals surface area contributed by atoms with Crippen LogP contribution in [0.1, 0.15) is 285 Å². The molecule has 4 unspecified atom stereocenters. The minimum absolute atomic E-state index is 0.184. The van der Waals surface area contributed by atoms with Crippen molar-refractivity contribution in [2.75, 3.05) is 45.8 Å². The van der Waals surface area contributed by atoms with Gasteiger partial charge in [-0.15, -0.1) is 0 Å². The zero-order valence-corrected chi connectivity index (χ0v) is 44.5. The third kappa shape index (κ3) is 45.3. The Kier molecular flexibility index (Phi) is 49.5. The molecule has 0 fully saturated rings. The Labute approximate surface area is 410 Å². The van der Waals surface area contributed by atoms with Crippen LogP contribution in [0.2, 0.25) is 0 Å². The number of carbonyl (C=O) groups excluding carboxylic acids is 2. The molecule has 0 aromatic heterocycles. The van der Waals surface area contributed by atoms with Gasteiger partial charge in [-0.2, -0.15) is 0 Å². The van der Waals surface area contributed by atoms with E-state index in [0.29, 0.717) is 58.7 Å². The second kappa shape index (κ2) is 50.3. The van der Waals surface area contributed by atoms with Crippen molar-refractivity contribution < 1.29 is 30.0 Å². The molecule has 0 heterocycles. The molecule has 0 saturated carbocycles. The summed E-state index contributed by atoms with van der Waals surface area (Å²) in [5.74, 6) is -0.936. The van der Waals surface area contributed by atoms with Gasteiger partial charge in [-0.05, 0) is 51.5 Å². The number of hydrogen-bond acceptors (Lipinski definition) is 8. The van der Waals surface area contributed by atoms with E-state index in [1.165, 1.54) is 154 Å². The number of aliphatic hydroxyl groups excluding tert-OH is 4. The first-order chi connectivity index (χ1) is 32.2. The average molecular weight is 939 g/mol. The average Bonchev–Trinajstić information content (AvgIpc) is 3.29. The quantitative estimate of drug-likeness (QED) is 0.0301. The Morgan fingerprint density at radius 2 is 0.606 bits per heavy atom. The minimum Gasteiger partial charge on any atom is -0.392 e. The Balaban J connectivity index is 4.90. The van der Waals surface area contributed by atoms with Crippen LogP contribution in [-0.4, -0.2) is 112 Å². The first-order valence-electron chi connectivity index (χ1n) is 29.1. The maximum atomic E-state index is 12.9. The van der Waals surface area contributed by atoms with Crippen LogP contribution >= 0.6 is 0 Å². The number of hydrogen-bond donors (Lipinski definition) is 5. The monoisotopic (exact) mass is 938 g/mol. The van der Waals surface area contributed by atoms with Crippen LogP contribution in [-0.2, 0) is 9.59 Å². The molecule has 0 spiro atoms. The van der Waals surface area contributed by atoms with Gasteiger partial charge in [-0.25, -0.2) is 0 Å². The fourth-order valence-corrected chi connectivity index (χ4v) is 9.46. The molecule has 0 aliphatic rings. The number of carbonyl (C=O) groups is 2. The van der Waals surface area contributed by atoms with E-state index in [0.717, 1.165) is 83.5 Å². The Morgan fingerprint density at radius 3 is 0.894 bits per heavy atom. The van der Waals surface area contributed by atoms with Crippen molar-refractivity contribution in [1.82, 2.24) is 15.1 Å². The van der Waals surface area contributed by atoms with Crippen LogP contribution in [0.15, 0.2) is 0 Å². The zero-order valence-electron chi connectivity index (χ0n) is 44.5. The molecule has 0 radical (unpaired) electrons. The fraction of sp³-hybridized carbons (Fsp3) is 0.965. The van der Waals surface area contributed by atoms with E-state index >= 15 is 0 Å². The van der Waals surface area contributed by atoms with Crippen LogP contribution in [0.4, 0.5) is 0 Å². The molecule has 0 aromatic rings. The highest BCUT2D eigenvalue weighted by Gasteiger charge is 2.19. The van der Waals surface area contributed by atoms with E-state index in [2.05, 4.69) is 42.8 Å².